The Labute approximate surface area is 192 Å². The summed E-state index contributed by atoms with van der Waals surface area (Å²) in [5.41, 5.74) is 3.36. The third-order valence-electron chi connectivity index (χ3n) is 5.10. The van der Waals surface area contributed by atoms with Crippen molar-refractivity contribution in [3.8, 4) is 5.75 Å². The Kier molecular flexibility index (Phi) is 6.92. The Morgan fingerprint density at radius 3 is 2.47 bits per heavy atom. The van der Waals surface area contributed by atoms with E-state index in [9.17, 15) is 9.59 Å². The van der Waals surface area contributed by atoms with Crippen molar-refractivity contribution in [3.63, 3.8) is 0 Å². The molecule has 32 heavy (non-hydrogen) atoms. The summed E-state index contributed by atoms with van der Waals surface area (Å²) in [6.45, 7) is 4.63. The Hall–Kier alpha value is -3.51. The summed E-state index contributed by atoms with van der Waals surface area (Å²) >= 11 is 1.61. The highest BCUT2D eigenvalue weighted by Crippen LogP contribution is 2.39. The first-order valence-electron chi connectivity index (χ1n) is 10.3. The van der Waals surface area contributed by atoms with Crippen molar-refractivity contribution in [2.24, 2.45) is 0 Å². The fraction of sp³-hybridized carbons (Fsp3) is 0.154. The van der Waals surface area contributed by atoms with E-state index in [1.165, 1.54) is 0 Å². The van der Waals surface area contributed by atoms with Gasteiger partial charge in [-0.25, -0.2) is 0 Å². The molecule has 1 saturated heterocycles. The number of hydrogen-bond acceptors (Lipinski definition) is 4. The molecule has 162 valence electrons. The Morgan fingerprint density at radius 2 is 1.78 bits per heavy atom. The monoisotopic (exact) mass is 444 g/mol. The Balaban J connectivity index is 1.41. The summed E-state index contributed by atoms with van der Waals surface area (Å²) < 4.78 is 5.45. The number of amides is 2. The number of nitrogens with one attached hydrogen (secondary N) is 1. The highest BCUT2D eigenvalue weighted by atomic mass is 32.2. The maximum Gasteiger partial charge on any atom is 0.255 e. The molecule has 0 bridgehead atoms. The van der Waals surface area contributed by atoms with E-state index in [-0.39, 0.29) is 17.2 Å². The average Bonchev–Trinajstić information content (AvgIpc) is 3.19. The third kappa shape index (κ3) is 5.21. The fourth-order valence-corrected chi connectivity index (χ4v) is 4.66. The molecule has 3 aromatic rings. The molecule has 0 aliphatic carbocycles. The van der Waals surface area contributed by atoms with Gasteiger partial charge in [-0.15, -0.1) is 11.8 Å². The minimum absolute atomic E-state index is 0.0528. The fourth-order valence-electron chi connectivity index (χ4n) is 3.47. The number of hydrogen-bond donors (Lipinski definition) is 1. The number of rotatable bonds is 8. The smallest absolute Gasteiger partial charge is 0.255 e. The second-order valence-corrected chi connectivity index (χ2v) is 8.44. The van der Waals surface area contributed by atoms with Crippen LogP contribution in [0.15, 0.2) is 91.5 Å². The highest BCUT2D eigenvalue weighted by Gasteiger charge is 2.32. The van der Waals surface area contributed by atoms with Gasteiger partial charge in [-0.2, -0.15) is 0 Å². The molecule has 0 unspecified atom stereocenters. The lowest BCUT2D eigenvalue weighted by molar-refractivity contribution is -0.128. The number of carbonyl (C=O) groups is 2. The minimum atomic E-state index is -0.187. The molecule has 1 atom stereocenters. The molecule has 1 fully saturated rings. The average molecular weight is 445 g/mol. The first kappa shape index (κ1) is 21.7. The number of nitrogens with zero attached hydrogens (tertiary/aromatic N) is 1. The molecular weight excluding hydrogens is 420 g/mol. The summed E-state index contributed by atoms with van der Waals surface area (Å²) in [6, 6.07) is 24.6. The van der Waals surface area contributed by atoms with E-state index in [0.29, 0.717) is 30.2 Å². The van der Waals surface area contributed by atoms with Gasteiger partial charge >= 0.3 is 0 Å². The lowest BCUT2D eigenvalue weighted by Gasteiger charge is -2.24. The molecular formula is C26H24N2O3S. The normalized spacial score (nSPS) is 15.4. The summed E-state index contributed by atoms with van der Waals surface area (Å²) in [5, 5.41) is 2.84. The Bertz CT molecular complexity index is 1080. The predicted octanol–water partition coefficient (Wildman–Crippen LogP) is 5.28. The van der Waals surface area contributed by atoms with Gasteiger partial charge in [0.25, 0.3) is 5.91 Å². The number of carbonyl (C=O) groups excluding carboxylic acids is 2. The molecule has 1 heterocycles. The highest BCUT2D eigenvalue weighted by molar-refractivity contribution is 8.00. The zero-order valence-electron chi connectivity index (χ0n) is 17.6. The second kappa shape index (κ2) is 10.2. The van der Waals surface area contributed by atoms with Gasteiger partial charge in [0.15, 0.2) is 0 Å². The van der Waals surface area contributed by atoms with Gasteiger partial charge in [0, 0.05) is 17.8 Å². The number of anilines is 1. The maximum atomic E-state index is 12.6. The minimum Gasteiger partial charge on any atom is -0.490 e. The van der Waals surface area contributed by atoms with Crippen LogP contribution < -0.4 is 10.1 Å². The standard InChI is InChI=1S/C26H24N2O3S/c1-2-16-31-23-14-12-22(13-15-23)27-25(30)20-8-10-21(11-9-20)26-28(24(29)18-32-26)17-19-6-4-3-5-7-19/h2-15,26H,1,16-18H2,(H,27,30)/t26-/m1/s1. The molecule has 1 N–H and O–H groups in total. The van der Waals surface area contributed by atoms with Gasteiger partial charge in [0.2, 0.25) is 5.91 Å². The van der Waals surface area contributed by atoms with Crippen LogP contribution >= 0.6 is 11.8 Å². The van der Waals surface area contributed by atoms with E-state index in [2.05, 4.69) is 11.9 Å². The topological polar surface area (TPSA) is 58.6 Å². The third-order valence-corrected chi connectivity index (χ3v) is 6.36. The van der Waals surface area contributed by atoms with Crippen LogP contribution in [0, 0.1) is 0 Å². The summed E-state index contributed by atoms with van der Waals surface area (Å²) in [6.07, 6.45) is 1.68. The predicted molar refractivity (Wildman–Crippen MR) is 129 cm³/mol. The van der Waals surface area contributed by atoms with Crippen molar-refractivity contribution in [2.75, 3.05) is 17.7 Å². The largest absolute Gasteiger partial charge is 0.490 e. The zero-order valence-corrected chi connectivity index (χ0v) is 18.4. The molecule has 4 rings (SSSR count). The summed E-state index contributed by atoms with van der Waals surface area (Å²) in [5.74, 6) is 1.13. The quantitative estimate of drug-likeness (QED) is 0.481. The maximum absolute atomic E-state index is 12.6. The van der Waals surface area contributed by atoms with Crippen molar-refractivity contribution in [2.45, 2.75) is 11.9 Å². The molecule has 2 amide bonds. The van der Waals surface area contributed by atoms with Crippen LogP contribution in [0.4, 0.5) is 5.69 Å². The van der Waals surface area contributed by atoms with Crippen LogP contribution in [0.3, 0.4) is 0 Å². The van der Waals surface area contributed by atoms with Crippen molar-refractivity contribution in [1.29, 1.82) is 0 Å². The van der Waals surface area contributed by atoms with Crippen molar-refractivity contribution >= 4 is 29.3 Å². The molecule has 5 nitrogen and oxygen atoms in total. The van der Waals surface area contributed by atoms with Crippen LogP contribution in [-0.2, 0) is 11.3 Å². The molecule has 3 aromatic carbocycles. The van der Waals surface area contributed by atoms with Crippen molar-refractivity contribution in [1.82, 2.24) is 4.90 Å². The van der Waals surface area contributed by atoms with Gasteiger partial charge in [-0.3, -0.25) is 9.59 Å². The van der Waals surface area contributed by atoms with Gasteiger partial charge in [0.05, 0.1) is 5.75 Å². The molecule has 0 aromatic heterocycles. The Morgan fingerprint density at radius 1 is 1.06 bits per heavy atom. The van der Waals surface area contributed by atoms with Crippen LogP contribution in [0.2, 0.25) is 0 Å². The number of ether oxygens (including phenoxy) is 1. The van der Waals surface area contributed by atoms with E-state index < -0.39 is 0 Å². The van der Waals surface area contributed by atoms with E-state index in [4.69, 9.17) is 4.74 Å². The second-order valence-electron chi connectivity index (χ2n) is 7.37. The van der Waals surface area contributed by atoms with Crippen molar-refractivity contribution < 1.29 is 14.3 Å². The van der Waals surface area contributed by atoms with Crippen molar-refractivity contribution in [3.05, 3.63) is 108 Å². The SMILES string of the molecule is C=CCOc1ccc(NC(=O)c2ccc([C@H]3SCC(=O)N3Cc3ccccc3)cc2)cc1. The van der Waals surface area contributed by atoms with E-state index in [1.807, 2.05) is 47.4 Å². The van der Waals surface area contributed by atoms with Crippen LogP contribution in [0.25, 0.3) is 0 Å². The molecule has 6 heteroatoms. The van der Waals surface area contributed by atoms with Crippen LogP contribution in [0.1, 0.15) is 26.9 Å². The van der Waals surface area contributed by atoms with E-state index >= 15 is 0 Å². The molecule has 0 radical (unpaired) electrons. The summed E-state index contributed by atoms with van der Waals surface area (Å²) in [4.78, 5) is 27.0. The lowest BCUT2D eigenvalue weighted by atomic mass is 10.1. The van der Waals surface area contributed by atoms with Gasteiger partial charge in [-0.1, -0.05) is 55.1 Å². The molecule has 1 aliphatic heterocycles. The van der Waals surface area contributed by atoms with Gasteiger partial charge in [-0.05, 0) is 47.5 Å². The number of thioether (sulfide) groups is 1. The number of benzene rings is 3. The van der Waals surface area contributed by atoms with Crippen LogP contribution in [-0.4, -0.2) is 29.1 Å². The van der Waals surface area contributed by atoms with Gasteiger partial charge in [0.1, 0.15) is 17.7 Å². The molecule has 1 aliphatic rings. The zero-order chi connectivity index (χ0) is 22.3. The molecule has 0 spiro atoms. The van der Waals surface area contributed by atoms with E-state index in [0.717, 1.165) is 16.9 Å². The van der Waals surface area contributed by atoms with Crippen LogP contribution in [0.5, 0.6) is 5.75 Å². The molecule has 0 saturated carbocycles. The first-order valence-corrected chi connectivity index (χ1v) is 11.4. The van der Waals surface area contributed by atoms with E-state index in [1.54, 1.807) is 54.2 Å². The summed E-state index contributed by atoms with van der Waals surface area (Å²) in [7, 11) is 0. The first-order chi connectivity index (χ1) is 15.6. The lowest BCUT2D eigenvalue weighted by Crippen LogP contribution is -2.27. The van der Waals surface area contributed by atoms with Gasteiger partial charge < -0.3 is 15.0 Å².